The topological polar surface area (TPSA) is 92.5 Å². The number of carbonyl (C=O) groups is 3. The summed E-state index contributed by atoms with van der Waals surface area (Å²) in [5, 5.41) is 0. The maximum Gasteiger partial charge on any atom is 0.146 e. The van der Waals surface area contributed by atoms with Crippen molar-refractivity contribution in [3.05, 3.63) is 0 Å². The van der Waals surface area contributed by atoms with Gasteiger partial charge in [-0.3, -0.25) is 30.6 Å². The fraction of sp³-hybridized carbons (Fsp3) is 0.769. The van der Waals surface area contributed by atoms with E-state index < -0.39 is 0 Å². The van der Waals surface area contributed by atoms with Crippen molar-refractivity contribution >= 4 is 17.3 Å². The third-order valence-corrected chi connectivity index (χ3v) is 2.81. The lowest BCUT2D eigenvalue weighted by Crippen LogP contribution is -2.45. The Morgan fingerprint density at radius 1 is 1.05 bits per heavy atom. The Morgan fingerprint density at radius 2 is 1.58 bits per heavy atom. The van der Waals surface area contributed by atoms with Gasteiger partial charge in [0.25, 0.3) is 0 Å². The SMILES string of the molecule is CC(=O)CN(CC(C)=O)C(CCCCNN)C(C)=O. The quantitative estimate of drug-likeness (QED) is 0.313. The van der Waals surface area contributed by atoms with Gasteiger partial charge in [0.15, 0.2) is 0 Å². The molecule has 6 heteroatoms. The Morgan fingerprint density at radius 3 is 1.95 bits per heavy atom. The second kappa shape index (κ2) is 9.77. The summed E-state index contributed by atoms with van der Waals surface area (Å²) in [6, 6.07) is -0.370. The van der Waals surface area contributed by atoms with E-state index in [9.17, 15) is 14.4 Å². The van der Waals surface area contributed by atoms with Gasteiger partial charge in [0.05, 0.1) is 19.1 Å². The highest BCUT2D eigenvalue weighted by Crippen LogP contribution is 2.10. The number of unbranched alkanes of at least 4 members (excludes halogenated alkanes) is 1. The van der Waals surface area contributed by atoms with Gasteiger partial charge in [-0.1, -0.05) is 6.42 Å². The minimum absolute atomic E-state index is 0.0109. The van der Waals surface area contributed by atoms with Crippen LogP contribution in [0.3, 0.4) is 0 Å². The standard InChI is InChI=1S/C13H25N3O3/c1-10(17)8-16(9-11(2)18)13(12(3)19)6-4-5-7-15-14/h13,15H,4-9,14H2,1-3H3. The van der Waals surface area contributed by atoms with Crippen molar-refractivity contribution in [3.8, 4) is 0 Å². The van der Waals surface area contributed by atoms with Crippen LogP contribution in [0, 0.1) is 0 Å². The van der Waals surface area contributed by atoms with E-state index in [0.29, 0.717) is 13.0 Å². The van der Waals surface area contributed by atoms with Crippen LogP contribution in [0.15, 0.2) is 0 Å². The highest BCUT2D eigenvalue weighted by atomic mass is 16.1. The number of hydrogen-bond acceptors (Lipinski definition) is 6. The van der Waals surface area contributed by atoms with Gasteiger partial charge < -0.3 is 0 Å². The number of rotatable bonds is 11. The molecule has 6 nitrogen and oxygen atoms in total. The molecule has 0 rings (SSSR count). The van der Waals surface area contributed by atoms with Gasteiger partial charge in [0.2, 0.25) is 0 Å². The predicted molar refractivity (Wildman–Crippen MR) is 73.4 cm³/mol. The fourth-order valence-corrected chi connectivity index (χ4v) is 2.06. The largest absolute Gasteiger partial charge is 0.299 e. The number of hydrazine groups is 1. The highest BCUT2D eigenvalue weighted by Gasteiger charge is 2.24. The summed E-state index contributed by atoms with van der Waals surface area (Å²) in [4.78, 5) is 35.9. The molecule has 0 aromatic rings. The molecule has 110 valence electrons. The normalized spacial score (nSPS) is 12.5. The molecule has 1 unspecified atom stereocenters. The average molecular weight is 271 g/mol. The first-order chi connectivity index (χ1) is 8.88. The summed E-state index contributed by atoms with van der Waals surface area (Å²) in [6.07, 6.45) is 2.31. The van der Waals surface area contributed by atoms with Crippen LogP contribution in [-0.4, -0.2) is 47.9 Å². The van der Waals surface area contributed by atoms with E-state index in [1.54, 1.807) is 4.90 Å². The minimum Gasteiger partial charge on any atom is -0.299 e. The van der Waals surface area contributed by atoms with Crippen LogP contribution in [0.2, 0.25) is 0 Å². The molecular weight excluding hydrogens is 246 g/mol. The smallest absolute Gasteiger partial charge is 0.146 e. The van der Waals surface area contributed by atoms with Crippen LogP contribution in [0.1, 0.15) is 40.0 Å². The Balaban J connectivity index is 4.59. The van der Waals surface area contributed by atoms with Crippen molar-refractivity contribution in [3.63, 3.8) is 0 Å². The highest BCUT2D eigenvalue weighted by molar-refractivity contribution is 5.85. The minimum atomic E-state index is -0.370. The van der Waals surface area contributed by atoms with Gasteiger partial charge in [-0.25, -0.2) is 0 Å². The van der Waals surface area contributed by atoms with Gasteiger partial charge in [-0.2, -0.15) is 0 Å². The molecule has 0 aromatic carbocycles. The molecule has 3 N–H and O–H groups in total. The zero-order chi connectivity index (χ0) is 14.8. The third-order valence-electron chi connectivity index (χ3n) is 2.81. The monoisotopic (exact) mass is 271 g/mol. The maximum absolute atomic E-state index is 11.7. The van der Waals surface area contributed by atoms with Crippen molar-refractivity contribution in [2.75, 3.05) is 19.6 Å². The van der Waals surface area contributed by atoms with Gasteiger partial charge in [-0.15, -0.1) is 0 Å². The Hall–Kier alpha value is -1.11. The van der Waals surface area contributed by atoms with E-state index >= 15 is 0 Å². The molecule has 1 atom stereocenters. The van der Waals surface area contributed by atoms with Crippen LogP contribution in [-0.2, 0) is 14.4 Å². The molecule has 0 saturated heterocycles. The first-order valence-electron chi connectivity index (χ1n) is 6.55. The Labute approximate surface area is 114 Å². The number of nitrogens with zero attached hydrogens (tertiary/aromatic N) is 1. The van der Waals surface area contributed by atoms with E-state index in [4.69, 9.17) is 5.84 Å². The number of carbonyl (C=O) groups excluding carboxylic acids is 3. The van der Waals surface area contributed by atoms with E-state index in [2.05, 4.69) is 5.43 Å². The second-order valence-corrected chi connectivity index (χ2v) is 4.89. The van der Waals surface area contributed by atoms with Gasteiger partial charge >= 0.3 is 0 Å². The van der Waals surface area contributed by atoms with E-state index in [1.165, 1.54) is 20.8 Å². The molecule has 0 fully saturated rings. The first-order valence-corrected chi connectivity index (χ1v) is 6.55. The summed E-state index contributed by atoms with van der Waals surface area (Å²) in [6.45, 7) is 5.38. The van der Waals surface area contributed by atoms with Crippen LogP contribution in [0.4, 0.5) is 0 Å². The third kappa shape index (κ3) is 8.58. The van der Waals surface area contributed by atoms with Crippen molar-refractivity contribution in [1.29, 1.82) is 0 Å². The number of nitrogens with two attached hydrogens (primary N) is 1. The van der Waals surface area contributed by atoms with Crippen molar-refractivity contribution in [1.82, 2.24) is 10.3 Å². The summed E-state index contributed by atoms with van der Waals surface area (Å²) < 4.78 is 0. The molecule has 0 amide bonds. The second-order valence-electron chi connectivity index (χ2n) is 4.89. The molecule has 0 aliphatic heterocycles. The predicted octanol–water partition coefficient (Wildman–Crippen LogP) is 0.0576. The van der Waals surface area contributed by atoms with Crippen LogP contribution in [0.25, 0.3) is 0 Å². The number of nitrogens with one attached hydrogen (secondary N) is 1. The maximum atomic E-state index is 11.7. The molecule has 19 heavy (non-hydrogen) atoms. The number of hydrogen-bond donors (Lipinski definition) is 2. The molecule has 0 radical (unpaired) electrons. The fourth-order valence-electron chi connectivity index (χ4n) is 2.06. The van der Waals surface area contributed by atoms with Gasteiger partial charge in [0, 0.05) is 6.54 Å². The van der Waals surface area contributed by atoms with E-state index in [1.807, 2.05) is 0 Å². The lowest BCUT2D eigenvalue weighted by molar-refractivity contribution is -0.127. The lowest BCUT2D eigenvalue weighted by Gasteiger charge is -2.28. The lowest BCUT2D eigenvalue weighted by atomic mass is 10.0. The number of Topliss-reactive ketones (excluding diaryl/α,β-unsaturated/α-hetero) is 3. The van der Waals surface area contributed by atoms with Crippen molar-refractivity contribution < 1.29 is 14.4 Å². The average Bonchev–Trinajstić information content (AvgIpc) is 2.26. The summed E-state index contributed by atoms with van der Waals surface area (Å²) in [7, 11) is 0. The molecule has 0 saturated carbocycles. The first kappa shape index (κ1) is 17.9. The zero-order valence-electron chi connectivity index (χ0n) is 12.1. The van der Waals surface area contributed by atoms with Crippen LogP contribution < -0.4 is 11.3 Å². The molecular formula is C13H25N3O3. The van der Waals surface area contributed by atoms with Crippen LogP contribution in [0.5, 0.6) is 0 Å². The van der Waals surface area contributed by atoms with Crippen LogP contribution >= 0.6 is 0 Å². The summed E-state index contributed by atoms with van der Waals surface area (Å²) >= 11 is 0. The molecule has 0 aliphatic carbocycles. The van der Waals surface area contributed by atoms with Gasteiger partial charge in [0.1, 0.15) is 17.3 Å². The van der Waals surface area contributed by atoms with E-state index in [-0.39, 0.29) is 36.5 Å². The van der Waals surface area contributed by atoms with Gasteiger partial charge in [-0.05, 0) is 33.6 Å². The summed E-state index contributed by atoms with van der Waals surface area (Å²) in [5.74, 6) is 5.08. The molecule has 0 bridgehead atoms. The molecule has 0 aromatic heterocycles. The zero-order valence-corrected chi connectivity index (χ0v) is 12.1. The van der Waals surface area contributed by atoms with Crippen molar-refractivity contribution in [2.24, 2.45) is 5.84 Å². The molecule has 0 spiro atoms. The summed E-state index contributed by atoms with van der Waals surface area (Å²) in [5.41, 5.74) is 2.56. The number of ketones is 3. The van der Waals surface area contributed by atoms with Crippen molar-refractivity contribution in [2.45, 2.75) is 46.1 Å². The Bertz CT molecular complexity index is 302. The molecule has 0 heterocycles. The molecule has 0 aliphatic rings. The Kier molecular flexibility index (Phi) is 9.20. The van der Waals surface area contributed by atoms with E-state index in [0.717, 1.165) is 12.8 Å².